The summed E-state index contributed by atoms with van der Waals surface area (Å²) in [7, 11) is 0. The average Bonchev–Trinajstić information content (AvgIpc) is 2.86. The maximum absolute atomic E-state index is 13.2. The van der Waals surface area contributed by atoms with Gasteiger partial charge in [-0.25, -0.2) is 4.79 Å². The van der Waals surface area contributed by atoms with Crippen molar-refractivity contribution in [3.8, 4) is 0 Å². The molecule has 0 bridgehead atoms. The molecule has 0 aliphatic rings. The molecule has 0 saturated heterocycles. The van der Waals surface area contributed by atoms with Crippen LogP contribution >= 0.6 is 0 Å². The van der Waals surface area contributed by atoms with E-state index in [0.717, 1.165) is 5.56 Å². The van der Waals surface area contributed by atoms with Gasteiger partial charge in [-0.1, -0.05) is 50.6 Å². The van der Waals surface area contributed by atoms with Gasteiger partial charge >= 0.3 is 5.97 Å². The summed E-state index contributed by atoms with van der Waals surface area (Å²) < 4.78 is 0. The maximum Gasteiger partial charge on any atom is 0.326 e. The number of aliphatic hydroxyl groups is 1. The van der Waals surface area contributed by atoms with E-state index in [1.165, 1.54) is 6.92 Å². The molecular weight excluding hydrogens is 494 g/mol. The van der Waals surface area contributed by atoms with Crippen LogP contribution in [0.5, 0.6) is 0 Å². The highest BCUT2D eigenvalue weighted by molar-refractivity contribution is 5.94. The van der Waals surface area contributed by atoms with E-state index >= 15 is 0 Å². The molecule has 11 N–H and O–H groups in total. The van der Waals surface area contributed by atoms with Crippen LogP contribution in [0.25, 0.3) is 0 Å². The minimum Gasteiger partial charge on any atom is -0.480 e. The SMILES string of the molecule is CCC(C)C(NC(=O)C(N)Cc1ccccc1)C(=O)NC(C(=O)NC(CCCN=C(N)N)C(=O)O)C(C)O. The van der Waals surface area contributed by atoms with E-state index in [9.17, 15) is 29.4 Å². The fraction of sp³-hybridized carbons (Fsp3) is 0.560. The quantitative estimate of drug-likeness (QED) is 0.0703. The Balaban J connectivity index is 2.91. The number of aliphatic imine (C=N–C) groups is 1. The van der Waals surface area contributed by atoms with E-state index in [1.54, 1.807) is 6.92 Å². The predicted molar refractivity (Wildman–Crippen MR) is 143 cm³/mol. The van der Waals surface area contributed by atoms with Crippen LogP contribution < -0.4 is 33.2 Å². The smallest absolute Gasteiger partial charge is 0.326 e. The lowest BCUT2D eigenvalue weighted by atomic mass is 9.96. The van der Waals surface area contributed by atoms with E-state index in [0.29, 0.717) is 6.42 Å². The number of carbonyl (C=O) groups is 4. The predicted octanol–water partition coefficient (Wildman–Crippen LogP) is -1.42. The van der Waals surface area contributed by atoms with Crippen molar-refractivity contribution in [1.82, 2.24) is 16.0 Å². The van der Waals surface area contributed by atoms with Crippen LogP contribution in [-0.4, -0.2) is 76.7 Å². The fourth-order valence-electron chi connectivity index (χ4n) is 3.59. The molecule has 0 heterocycles. The molecule has 212 valence electrons. The van der Waals surface area contributed by atoms with Crippen molar-refractivity contribution in [1.29, 1.82) is 0 Å². The van der Waals surface area contributed by atoms with Crippen LogP contribution in [0.15, 0.2) is 35.3 Å². The number of benzene rings is 1. The zero-order valence-corrected chi connectivity index (χ0v) is 22.1. The zero-order chi connectivity index (χ0) is 28.8. The maximum atomic E-state index is 13.2. The van der Waals surface area contributed by atoms with Gasteiger partial charge in [0.05, 0.1) is 12.1 Å². The molecule has 3 amide bonds. The summed E-state index contributed by atoms with van der Waals surface area (Å²) in [6, 6.07) is 4.45. The Morgan fingerprint density at radius 1 is 0.947 bits per heavy atom. The molecule has 13 nitrogen and oxygen atoms in total. The standard InChI is InChI=1S/C25H41N7O6/c1-4-14(2)19(31-21(34)17(26)13-16-9-6-5-7-10-16)22(35)32-20(15(3)33)23(36)30-18(24(37)38)11-8-12-29-25(27)28/h5-7,9-10,14-15,17-20,33H,4,8,11-13,26H2,1-3H3,(H,30,36)(H,31,34)(H,32,35)(H,37,38)(H4,27,28,29). The molecule has 1 rings (SSSR count). The first-order valence-electron chi connectivity index (χ1n) is 12.5. The summed E-state index contributed by atoms with van der Waals surface area (Å²) in [6.07, 6.45) is -0.284. The minimum atomic E-state index is -1.47. The second-order valence-corrected chi connectivity index (χ2v) is 9.24. The molecule has 13 heteroatoms. The third-order valence-electron chi connectivity index (χ3n) is 6.05. The third kappa shape index (κ3) is 11.1. The number of nitrogens with zero attached hydrogens (tertiary/aromatic N) is 1. The van der Waals surface area contributed by atoms with Gasteiger partial charge in [-0.3, -0.25) is 19.4 Å². The van der Waals surface area contributed by atoms with Crippen molar-refractivity contribution in [2.24, 2.45) is 28.1 Å². The molecule has 1 aromatic carbocycles. The number of hydrogen-bond acceptors (Lipinski definition) is 7. The van der Waals surface area contributed by atoms with Gasteiger partial charge in [0.2, 0.25) is 17.7 Å². The van der Waals surface area contributed by atoms with Gasteiger partial charge in [-0.05, 0) is 37.7 Å². The number of nitrogens with two attached hydrogens (primary N) is 3. The second kappa shape index (κ2) is 16.2. The van der Waals surface area contributed by atoms with Crippen LogP contribution in [0.1, 0.15) is 45.6 Å². The monoisotopic (exact) mass is 535 g/mol. The van der Waals surface area contributed by atoms with Gasteiger partial charge in [0.15, 0.2) is 5.96 Å². The average molecular weight is 536 g/mol. The Kier molecular flexibility index (Phi) is 13.8. The zero-order valence-electron chi connectivity index (χ0n) is 22.1. The molecule has 0 aliphatic heterocycles. The van der Waals surface area contributed by atoms with Crippen molar-refractivity contribution in [2.45, 2.75) is 76.7 Å². The number of nitrogens with one attached hydrogen (secondary N) is 3. The Morgan fingerprint density at radius 2 is 1.53 bits per heavy atom. The Bertz CT molecular complexity index is 953. The summed E-state index contributed by atoms with van der Waals surface area (Å²) in [5.41, 5.74) is 17.4. The first-order valence-corrected chi connectivity index (χ1v) is 12.5. The van der Waals surface area contributed by atoms with Crippen molar-refractivity contribution >= 4 is 29.7 Å². The Labute approximate surface area is 222 Å². The number of carboxylic acids is 1. The van der Waals surface area contributed by atoms with E-state index in [1.807, 2.05) is 37.3 Å². The number of aliphatic carboxylic acids is 1. The molecule has 1 aromatic rings. The summed E-state index contributed by atoms with van der Waals surface area (Å²) in [5, 5.41) is 27.1. The number of carboxylic acid groups (broad SMARTS) is 1. The molecule has 0 spiro atoms. The highest BCUT2D eigenvalue weighted by Gasteiger charge is 2.34. The third-order valence-corrected chi connectivity index (χ3v) is 6.05. The normalized spacial score (nSPS) is 15.6. The lowest BCUT2D eigenvalue weighted by molar-refractivity contribution is -0.143. The van der Waals surface area contributed by atoms with Crippen LogP contribution in [0.2, 0.25) is 0 Å². The van der Waals surface area contributed by atoms with Crippen LogP contribution in [0.4, 0.5) is 0 Å². The summed E-state index contributed by atoms with van der Waals surface area (Å²) in [5.74, 6) is -3.91. The van der Waals surface area contributed by atoms with E-state index in [2.05, 4.69) is 20.9 Å². The number of guanidine groups is 1. The van der Waals surface area contributed by atoms with E-state index in [-0.39, 0.29) is 37.7 Å². The largest absolute Gasteiger partial charge is 0.480 e. The molecule has 6 atom stereocenters. The first-order chi connectivity index (χ1) is 17.9. The van der Waals surface area contributed by atoms with Gasteiger partial charge in [0.25, 0.3) is 0 Å². The van der Waals surface area contributed by atoms with Crippen LogP contribution in [0, 0.1) is 5.92 Å². The number of hydrogen-bond donors (Lipinski definition) is 8. The van der Waals surface area contributed by atoms with Crippen LogP contribution in [-0.2, 0) is 25.6 Å². The first kappa shape index (κ1) is 32.3. The number of carbonyl (C=O) groups excluding carboxylic acids is 3. The summed E-state index contributed by atoms with van der Waals surface area (Å²) in [4.78, 5) is 54.2. The van der Waals surface area contributed by atoms with Crippen molar-refractivity contribution in [3.05, 3.63) is 35.9 Å². The molecule has 0 aliphatic carbocycles. The van der Waals surface area contributed by atoms with Gasteiger partial charge in [0, 0.05) is 6.54 Å². The number of rotatable bonds is 16. The highest BCUT2D eigenvalue weighted by Crippen LogP contribution is 2.11. The lowest BCUT2D eigenvalue weighted by Crippen LogP contribution is -2.61. The molecular formula is C25H41N7O6. The van der Waals surface area contributed by atoms with Gasteiger partial charge in [0.1, 0.15) is 18.1 Å². The van der Waals surface area contributed by atoms with Crippen molar-refractivity contribution in [2.75, 3.05) is 6.54 Å². The molecule has 0 radical (unpaired) electrons. The highest BCUT2D eigenvalue weighted by atomic mass is 16.4. The topological polar surface area (TPSA) is 235 Å². The fourth-order valence-corrected chi connectivity index (χ4v) is 3.59. The molecule has 6 unspecified atom stereocenters. The lowest BCUT2D eigenvalue weighted by Gasteiger charge is -2.29. The van der Waals surface area contributed by atoms with Gasteiger partial charge < -0.3 is 43.4 Å². The van der Waals surface area contributed by atoms with Crippen molar-refractivity contribution < 1.29 is 29.4 Å². The van der Waals surface area contributed by atoms with E-state index < -0.39 is 54.0 Å². The van der Waals surface area contributed by atoms with E-state index in [4.69, 9.17) is 17.2 Å². The van der Waals surface area contributed by atoms with Crippen LogP contribution in [0.3, 0.4) is 0 Å². The summed E-state index contributed by atoms with van der Waals surface area (Å²) >= 11 is 0. The molecule has 0 aromatic heterocycles. The number of amides is 3. The van der Waals surface area contributed by atoms with Crippen molar-refractivity contribution in [3.63, 3.8) is 0 Å². The number of aliphatic hydroxyl groups excluding tert-OH is 1. The van der Waals surface area contributed by atoms with Gasteiger partial charge in [-0.15, -0.1) is 0 Å². The molecule has 0 saturated carbocycles. The minimum absolute atomic E-state index is 0.0170. The molecule has 0 fully saturated rings. The Hall–Kier alpha value is -3.71. The second-order valence-electron chi connectivity index (χ2n) is 9.24. The molecule has 38 heavy (non-hydrogen) atoms. The summed E-state index contributed by atoms with van der Waals surface area (Å²) in [6.45, 7) is 5.04. The van der Waals surface area contributed by atoms with Gasteiger partial charge in [-0.2, -0.15) is 0 Å². The Morgan fingerprint density at radius 3 is 2.05 bits per heavy atom.